The largest absolute Gasteiger partial charge is 4.00 e. The molecular formula is C11H20HfO3. The van der Waals surface area contributed by atoms with E-state index in [2.05, 4.69) is 0 Å². The van der Waals surface area contributed by atoms with Gasteiger partial charge < -0.3 is 15.3 Å². The van der Waals surface area contributed by atoms with Crippen LogP contribution in [0.5, 0.6) is 0 Å². The minimum absolute atomic E-state index is 0. The minimum atomic E-state index is 0. The van der Waals surface area contributed by atoms with E-state index >= 15 is 0 Å². The van der Waals surface area contributed by atoms with E-state index in [0.29, 0.717) is 0 Å². The Balaban J connectivity index is -0.0000000550. The van der Waals surface area contributed by atoms with Gasteiger partial charge in [-0.3, -0.25) is 0 Å². The molecule has 0 spiro atoms. The minimum Gasteiger partial charge on any atom is -0.855 e. The number of rotatable bonds is 0. The summed E-state index contributed by atoms with van der Waals surface area (Å²) in [5.74, 6) is 0. The molecular weight excluding hydrogens is 359 g/mol. The third-order valence-corrected chi connectivity index (χ3v) is 0.556. The van der Waals surface area contributed by atoms with Gasteiger partial charge in [-0.05, 0) is 0 Å². The zero-order chi connectivity index (χ0) is 11.7. The molecule has 0 atom stereocenters. The molecule has 0 aliphatic heterocycles. The molecule has 0 radical (unpaired) electrons. The molecule has 3 nitrogen and oxygen atoms in total. The van der Waals surface area contributed by atoms with Crippen molar-refractivity contribution < 1.29 is 41.2 Å². The molecule has 15 heavy (non-hydrogen) atoms. The Kier molecular flexibility index (Phi) is 59.9. The summed E-state index contributed by atoms with van der Waals surface area (Å²) < 4.78 is 0. The second-order valence-electron chi connectivity index (χ2n) is 1.83. The van der Waals surface area contributed by atoms with Crippen LogP contribution in [0.15, 0.2) is 30.3 Å². The predicted octanol–water partition coefficient (Wildman–Crippen LogP) is -0.497. The van der Waals surface area contributed by atoms with Crippen LogP contribution in [0.3, 0.4) is 0 Å². The normalized spacial score (nSPS) is 6.27. The molecule has 0 unspecified atom stereocenters. The molecule has 0 N–H and O–H groups in total. The van der Waals surface area contributed by atoms with Crippen molar-refractivity contribution in [1.82, 2.24) is 0 Å². The molecule has 0 saturated heterocycles. The van der Waals surface area contributed by atoms with Crippen LogP contribution in [-0.4, -0.2) is 19.8 Å². The zero-order valence-corrected chi connectivity index (χ0v) is 13.3. The van der Waals surface area contributed by atoms with Crippen molar-refractivity contribution in [3.8, 4) is 0 Å². The van der Waals surface area contributed by atoms with Crippen LogP contribution < -0.4 is 15.3 Å². The first kappa shape index (κ1) is 24.4. The molecule has 0 heterocycles. The third-order valence-electron chi connectivity index (χ3n) is 0.556. The molecule has 0 aliphatic rings. The van der Waals surface area contributed by atoms with Crippen LogP contribution in [0.25, 0.3) is 0 Å². The quantitative estimate of drug-likeness (QED) is 0.451. The maximum atomic E-state index is 8.93. The Hall–Kier alpha value is 0.100. The fourth-order valence-corrected chi connectivity index (χ4v) is 0.321. The second-order valence-corrected chi connectivity index (χ2v) is 1.83. The first-order chi connectivity index (χ1) is 6.74. The maximum absolute atomic E-state index is 8.93. The molecule has 86 valence electrons. The van der Waals surface area contributed by atoms with E-state index < -0.39 is 0 Å². The summed E-state index contributed by atoms with van der Waals surface area (Å²) in [5.41, 5.74) is 0. The fourth-order valence-electron chi connectivity index (χ4n) is 0.321. The van der Waals surface area contributed by atoms with Gasteiger partial charge in [0, 0.05) is 0 Å². The van der Waals surface area contributed by atoms with E-state index in [1.807, 2.05) is 30.3 Å². The van der Waals surface area contributed by atoms with Gasteiger partial charge >= 0.3 is 25.8 Å². The van der Waals surface area contributed by atoms with Crippen molar-refractivity contribution >= 4 is 0 Å². The predicted molar refractivity (Wildman–Crippen MR) is 53.7 cm³/mol. The molecule has 4 heteroatoms. The monoisotopic (exact) mass is 380 g/mol. The van der Waals surface area contributed by atoms with E-state index in [1.54, 1.807) is 20.8 Å². The third kappa shape index (κ3) is 79.4. The average Bonchev–Trinajstić information content (AvgIpc) is 2.63. The Labute approximate surface area is 112 Å². The first-order valence-electron chi connectivity index (χ1n) is 4.65. The number of hydrogen-bond acceptors (Lipinski definition) is 3. The Morgan fingerprint density at radius 1 is 0.800 bits per heavy atom. The van der Waals surface area contributed by atoms with Crippen molar-refractivity contribution in [3.05, 3.63) is 30.3 Å². The summed E-state index contributed by atoms with van der Waals surface area (Å²) in [6.45, 7) is 4.71. The van der Waals surface area contributed by atoms with Gasteiger partial charge in [-0.15, -0.1) is 19.8 Å². The van der Waals surface area contributed by atoms with E-state index in [0.717, 1.165) is 0 Å². The molecule has 0 bridgehead atoms. The number of hydrogen-bond donors (Lipinski definition) is 0. The summed E-state index contributed by atoms with van der Waals surface area (Å²) in [5, 5.41) is 26.8. The van der Waals surface area contributed by atoms with Crippen molar-refractivity contribution in [2.45, 2.75) is 20.8 Å². The fraction of sp³-hybridized carbons (Fsp3) is 0.545. The van der Waals surface area contributed by atoms with Crippen molar-refractivity contribution in [3.63, 3.8) is 0 Å². The van der Waals surface area contributed by atoms with Crippen LogP contribution in [0, 0.1) is 0 Å². The average molecular weight is 379 g/mol. The van der Waals surface area contributed by atoms with Crippen LogP contribution in [0.2, 0.25) is 0 Å². The molecule has 0 amide bonds. The standard InChI is InChI=1S/C5H5.3C2H5O.Hf/c1-2-4-5-3-1;3*1-2-3;/h1-5H;3*2H2,1H3;/q4*-1;+4. The second kappa shape index (κ2) is 36.9. The molecule has 0 fully saturated rings. The van der Waals surface area contributed by atoms with Gasteiger partial charge in [0.15, 0.2) is 0 Å². The molecule has 1 aromatic carbocycles. The van der Waals surface area contributed by atoms with Gasteiger partial charge in [0.1, 0.15) is 0 Å². The SMILES string of the molecule is CC[O-].CC[O-].CC[O-].[Hf+4].c1cc[cH-]c1. The summed E-state index contributed by atoms with van der Waals surface area (Å²) in [6.07, 6.45) is 0. The van der Waals surface area contributed by atoms with Crippen molar-refractivity contribution in [2.75, 3.05) is 19.8 Å². The van der Waals surface area contributed by atoms with Gasteiger partial charge in [-0.2, -0.15) is 18.2 Å². The van der Waals surface area contributed by atoms with Gasteiger partial charge in [-0.1, -0.05) is 20.8 Å². The summed E-state index contributed by atoms with van der Waals surface area (Å²) in [7, 11) is 0. The Morgan fingerprint density at radius 3 is 1.07 bits per heavy atom. The van der Waals surface area contributed by atoms with E-state index in [1.165, 1.54) is 0 Å². The van der Waals surface area contributed by atoms with Crippen LogP contribution >= 0.6 is 0 Å². The van der Waals surface area contributed by atoms with Crippen LogP contribution in [-0.2, 0) is 25.8 Å². The maximum Gasteiger partial charge on any atom is 4.00 e. The summed E-state index contributed by atoms with van der Waals surface area (Å²) in [4.78, 5) is 0. The Bertz CT molecular complexity index is 99.4. The molecule has 0 saturated carbocycles. The van der Waals surface area contributed by atoms with Gasteiger partial charge in [-0.25, -0.2) is 12.1 Å². The smallest absolute Gasteiger partial charge is 0.855 e. The van der Waals surface area contributed by atoms with Gasteiger partial charge in [0.25, 0.3) is 0 Å². The van der Waals surface area contributed by atoms with E-state index in [9.17, 15) is 0 Å². The summed E-state index contributed by atoms with van der Waals surface area (Å²) >= 11 is 0. The van der Waals surface area contributed by atoms with E-state index in [-0.39, 0.29) is 45.7 Å². The van der Waals surface area contributed by atoms with Crippen molar-refractivity contribution in [1.29, 1.82) is 0 Å². The topological polar surface area (TPSA) is 69.2 Å². The van der Waals surface area contributed by atoms with Crippen molar-refractivity contribution in [2.24, 2.45) is 0 Å². The molecule has 1 aromatic rings. The first-order valence-corrected chi connectivity index (χ1v) is 4.65. The summed E-state index contributed by atoms with van der Waals surface area (Å²) in [6, 6.07) is 10.0. The van der Waals surface area contributed by atoms with Crippen LogP contribution in [0.1, 0.15) is 20.8 Å². The molecule has 0 aromatic heterocycles. The molecule has 0 aliphatic carbocycles. The molecule has 1 rings (SSSR count). The Morgan fingerprint density at radius 2 is 1.00 bits per heavy atom. The van der Waals surface area contributed by atoms with E-state index in [4.69, 9.17) is 15.3 Å². The van der Waals surface area contributed by atoms with Gasteiger partial charge in [0.2, 0.25) is 0 Å². The van der Waals surface area contributed by atoms with Gasteiger partial charge in [0.05, 0.1) is 0 Å². The zero-order valence-electron chi connectivity index (χ0n) is 9.73. The van der Waals surface area contributed by atoms with Crippen LogP contribution in [0.4, 0.5) is 0 Å².